The molecule has 0 spiro atoms. The molecule has 3 aliphatic heterocycles. The van der Waals surface area contributed by atoms with Crippen molar-refractivity contribution in [3.63, 3.8) is 0 Å². The van der Waals surface area contributed by atoms with Crippen LogP contribution in [0.3, 0.4) is 0 Å². The van der Waals surface area contributed by atoms with E-state index < -0.39 is 23.9 Å². The maximum atomic E-state index is 11.2. The van der Waals surface area contributed by atoms with Gasteiger partial charge in [-0.2, -0.15) is 26.3 Å². The molecule has 0 saturated carbocycles. The van der Waals surface area contributed by atoms with Crippen LogP contribution in [-0.4, -0.2) is 56.2 Å². The maximum absolute atomic E-state index is 11.2. The number of benzene rings is 3. The third-order valence-electron chi connectivity index (χ3n) is 7.61. The molecule has 0 unspecified atom stereocenters. The molecule has 3 aliphatic rings. The van der Waals surface area contributed by atoms with Crippen molar-refractivity contribution in [1.82, 2.24) is 5.32 Å². The van der Waals surface area contributed by atoms with E-state index in [0.29, 0.717) is 18.6 Å². The lowest BCUT2D eigenvalue weighted by molar-refractivity contribution is -0.193. The van der Waals surface area contributed by atoms with Crippen LogP contribution in [0.2, 0.25) is 0 Å². The zero-order chi connectivity index (χ0) is 29.5. The molecule has 41 heavy (non-hydrogen) atoms. The summed E-state index contributed by atoms with van der Waals surface area (Å²) < 4.78 is 72.9. The molecule has 3 aromatic rings. The molecule has 3 aromatic carbocycles. The van der Waals surface area contributed by atoms with E-state index in [1.165, 1.54) is 50.9 Å². The summed E-state index contributed by atoms with van der Waals surface area (Å²) >= 11 is 0. The Hall–Kier alpha value is -3.64. The minimum Gasteiger partial charge on any atom is -0.375 e. The first-order valence-electron chi connectivity index (χ1n) is 13.1. The average Bonchev–Trinajstić information content (AvgIpc) is 3.08. The van der Waals surface area contributed by atoms with Crippen molar-refractivity contribution in [2.45, 2.75) is 44.3 Å². The lowest BCUT2D eigenvalue weighted by Crippen LogP contribution is -2.44. The van der Waals surface area contributed by atoms with Crippen molar-refractivity contribution in [3.05, 3.63) is 65.2 Å². The fraction of sp³-hybridized carbons (Fsp3) is 0.379. The molecular weight excluding hydrogens is 552 g/mol. The van der Waals surface area contributed by atoms with Crippen LogP contribution < -0.4 is 15.5 Å². The van der Waals surface area contributed by atoms with E-state index in [9.17, 15) is 35.9 Å². The smallest absolute Gasteiger partial charge is 0.375 e. The second-order valence-electron chi connectivity index (χ2n) is 10.2. The molecule has 2 atom stereocenters. The summed E-state index contributed by atoms with van der Waals surface area (Å²) in [5.74, 6) is -6.24. The van der Waals surface area contributed by atoms with Crippen molar-refractivity contribution < 1.29 is 40.7 Å². The van der Waals surface area contributed by atoms with Gasteiger partial charge in [-0.15, -0.1) is 0 Å². The van der Waals surface area contributed by atoms with Crippen molar-refractivity contribution in [2.75, 3.05) is 36.5 Å². The standard InChI is InChI=1S/C25H27N3O.C4F6O2/c1-16-6-7-17-4-2-3-5-20(17)24(16)27-19-12-18-15-29-11-10-28-23-8-9-26-14-22(23)21(13-19)25(18)28;5-3(6,7)1(11)2(12)4(8,9)10/h2-7,12-13,22-23,26-27H,8-11,14-15H2,1H3;/t22-,23-;/m0./s1. The molecule has 0 aliphatic carbocycles. The summed E-state index contributed by atoms with van der Waals surface area (Å²) in [4.78, 5) is 21.9. The predicted octanol–water partition coefficient (Wildman–Crippen LogP) is 5.94. The molecule has 6 rings (SSSR count). The second-order valence-corrected chi connectivity index (χ2v) is 10.2. The number of nitrogens with one attached hydrogen (secondary N) is 2. The number of hydrogen-bond acceptors (Lipinski definition) is 6. The molecule has 2 N–H and O–H groups in total. The second kappa shape index (κ2) is 11.0. The number of aryl methyl sites for hydroxylation is 1. The van der Waals surface area contributed by atoms with Gasteiger partial charge < -0.3 is 20.3 Å². The molecule has 3 heterocycles. The number of rotatable bonds is 3. The highest BCUT2D eigenvalue weighted by Gasteiger charge is 2.54. The fourth-order valence-electron chi connectivity index (χ4n) is 5.81. The van der Waals surface area contributed by atoms with Gasteiger partial charge in [-0.1, -0.05) is 36.4 Å². The highest BCUT2D eigenvalue weighted by atomic mass is 19.4. The van der Waals surface area contributed by atoms with Crippen LogP contribution in [-0.2, 0) is 20.9 Å². The lowest BCUT2D eigenvalue weighted by Gasteiger charge is -2.33. The van der Waals surface area contributed by atoms with Crippen LogP contribution in [0.15, 0.2) is 48.5 Å². The molecular formula is C29H27F6N3O3. The third kappa shape index (κ3) is 5.76. The minimum absolute atomic E-state index is 0.575. The minimum atomic E-state index is -5.77. The number of ether oxygens (including phenoxy) is 1. The molecule has 0 bridgehead atoms. The summed E-state index contributed by atoms with van der Waals surface area (Å²) in [6, 6.07) is 18.3. The lowest BCUT2D eigenvalue weighted by atomic mass is 9.89. The van der Waals surface area contributed by atoms with Gasteiger partial charge in [-0.25, -0.2) is 0 Å². The van der Waals surface area contributed by atoms with Gasteiger partial charge in [0.25, 0.3) is 0 Å². The number of carbonyl (C=O) groups excluding carboxylic acids is 2. The normalized spacial score (nSPS) is 19.9. The monoisotopic (exact) mass is 579 g/mol. The van der Waals surface area contributed by atoms with E-state index in [2.05, 4.69) is 71.0 Å². The van der Waals surface area contributed by atoms with Crippen LogP contribution in [0.25, 0.3) is 10.8 Å². The van der Waals surface area contributed by atoms with Gasteiger partial charge >= 0.3 is 23.9 Å². The molecule has 1 fully saturated rings. The first-order chi connectivity index (χ1) is 19.4. The molecule has 12 heteroatoms. The predicted molar refractivity (Wildman–Crippen MR) is 142 cm³/mol. The zero-order valence-corrected chi connectivity index (χ0v) is 22.0. The number of alkyl halides is 6. The Kier molecular flexibility index (Phi) is 7.73. The van der Waals surface area contributed by atoms with E-state index in [0.717, 1.165) is 26.2 Å². The molecule has 6 nitrogen and oxygen atoms in total. The van der Waals surface area contributed by atoms with Gasteiger partial charge in [0.1, 0.15) is 0 Å². The SMILES string of the molecule is Cc1ccc2ccccc2c1Nc1cc2c3c(c1)[C@@H]1CNCC[C@@H]1N3CCOC2.O=C(C(=O)C(F)(F)F)C(F)(F)F. The Labute approximate surface area is 231 Å². The Morgan fingerprint density at radius 1 is 1.00 bits per heavy atom. The highest BCUT2D eigenvalue weighted by Crippen LogP contribution is 2.48. The number of halogens is 6. The number of hydrogen-bond donors (Lipinski definition) is 2. The molecule has 1 saturated heterocycles. The summed E-state index contributed by atoms with van der Waals surface area (Å²) in [5, 5.41) is 9.94. The number of fused-ring (bicyclic) bond motifs is 4. The van der Waals surface area contributed by atoms with Crippen LogP contribution in [0, 0.1) is 6.92 Å². The van der Waals surface area contributed by atoms with Gasteiger partial charge in [0.15, 0.2) is 0 Å². The highest BCUT2D eigenvalue weighted by molar-refractivity contribution is 6.41. The summed E-state index contributed by atoms with van der Waals surface area (Å²) in [6.07, 6.45) is -10.3. The van der Waals surface area contributed by atoms with Crippen molar-refractivity contribution in [2.24, 2.45) is 0 Å². The van der Waals surface area contributed by atoms with E-state index in [-0.39, 0.29) is 0 Å². The van der Waals surface area contributed by atoms with E-state index in [4.69, 9.17) is 4.74 Å². The van der Waals surface area contributed by atoms with E-state index in [1.807, 2.05) is 0 Å². The number of piperidine rings is 1. The van der Waals surface area contributed by atoms with Gasteiger partial charge in [0, 0.05) is 53.1 Å². The summed E-state index contributed by atoms with van der Waals surface area (Å²) in [7, 11) is 0. The Bertz CT molecular complexity index is 1460. The van der Waals surface area contributed by atoms with Crippen LogP contribution in [0.4, 0.5) is 43.4 Å². The van der Waals surface area contributed by atoms with Crippen molar-refractivity contribution in [1.29, 1.82) is 0 Å². The maximum Gasteiger partial charge on any atom is 0.458 e. The molecule has 0 amide bonds. The van der Waals surface area contributed by atoms with Crippen LogP contribution in [0.1, 0.15) is 29.0 Å². The molecule has 0 aromatic heterocycles. The van der Waals surface area contributed by atoms with Crippen molar-refractivity contribution >= 4 is 39.4 Å². The number of nitrogens with zero attached hydrogens (tertiary/aromatic N) is 1. The number of Topliss-reactive ketones (excluding diaryl/α,β-unsaturated/α-hetero) is 2. The van der Waals surface area contributed by atoms with Gasteiger partial charge in [0.05, 0.1) is 13.2 Å². The quantitative estimate of drug-likeness (QED) is 0.296. The number of ketones is 2. The van der Waals surface area contributed by atoms with Crippen LogP contribution >= 0.6 is 0 Å². The topological polar surface area (TPSA) is 70.7 Å². The first-order valence-corrected chi connectivity index (χ1v) is 13.1. The zero-order valence-electron chi connectivity index (χ0n) is 22.0. The van der Waals surface area contributed by atoms with Crippen LogP contribution in [0.5, 0.6) is 0 Å². The molecule has 0 radical (unpaired) electrons. The van der Waals surface area contributed by atoms with Gasteiger partial charge in [0.2, 0.25) is 0 Å². The molecule has 218 valence electrons. The fourth-order valence-corrected chi connectivity index (χ4v) is 5.81. The third-order valence-corrected chi connectivity index (χ3v) is 7.61. The van der Waals surface area contributed by atoms with Gasteiger partial charge in [-0.05, 0) is 48.5 Å². The summed E-state index contributed by atoms with van der Waals surface area (Å²) in [5.41, 5.74) is 7.92. The average molecular weight is 580 g/mol. The van der Waals surface area contributed by atoms with E-state index >= 15 is 0 Å². The summed E-state index contributed by atoms with van der Waals surface area (Å²) in [6.45, 7) is 6.90. The van der Waals surface area contributed by atoms with E-state index in [1.54, 1.807) is 0 Å². The van der Waals surface area contributed by atoms with Gasteiger partial charge in [-0.3, -0.25) is 9.59 Å². The Morgan fingerprint density at radius 2 is 1.71 bits per heavy atom. The largest absolute Gasteiger partial charge is 0.458 e. The number of anilines is 3. The number of carbonyl (C=O) groups is 2. The Balaban J connectivity index is 0.000000241. The first kappa shape index (κ1) is 28.9. The Morgan fingerprint density at radius 3 is 2.41 bits per heavy atom. The van der Waals surface area contributed by atoms with Crippen molar-refractivity contribution in [3.8, 4) is 0 Å².